The Bertz CT molecular complexity index is 611. The van der Waals surface area contributed by atoms with Crippen LogP contribution in [0, 0.1) is 5.92 Å². The second-order valence-corrected chi connectivity index (χ2v) is 5.21. The summed E-state index contributed by atoms with van der Waals surface area (Å²) in [6, 6.07) is 18.6. The molecular weight excluding hydrogens is 276 g/mol. The molecular formula is C18H20N2O2. The molecule has 4 heteroatoms. The maximum absolute atomic E-state index is 12.0. The number of carbonyl (C=O) groups is 2. The summed E-state index contributed by atoms with van der Waals surface area (Å²) in [7, 11) is 0. The highest BCUT2D eigenvalue weighted by molar-refractivity contribution is 5.94. The van der Waals surface area contributed by atoms with Gasteiger partial charge >= 0.3 is 0 Å². The van der Waals surface area contributed by atoms with Crippen LogP contribution in [-0.4, -0.2) is 11.8 Å². The van der Waals surface area contributed by atoms with Gasteiger partial charge in [0.1, 0.15) is 0 Å². The summed E-state index contributed by atoms with van der Waals surface area (Å²) in [5, 5.41) is 5.66. The SMILES string of the molecule is C[C@H](CCC(=O)Nc1ccccc1)C(=O)Nc1ccccc1. The molecule has 0 spiro atoms. The fourth-order valence-electron chi connectivity index (χ4n) is 2.01. The maximum atomic E-state index is 12.0. The van der Waals surface area contributed by atoms with Gasteiger partial charge in [0, 0.05) is 23.7 Å². The molecule has 0 aromatic heterocycles. The van der Waals surface area contributed by atoms with Crippen LogP contribution >= 0.6 is 0 Å². The number of rotatable bonds is 6. The number of amides is 2. The molecule has 22 heavy (non-hydrogen) atoms. The first-order chi connectivity index (χ1) is 10.6. The third-order valence-corrected chi connectivity index (χ3v) is 3.35. The van der Waals surface area contributed by atoms with Gasteiger partial charge in [0.15, 0.2) is 0 Å². The number of carbonyl (C=O) groups excluding carboxylic acids is 2. The third-order valence-electron chi connectivity index (χ3n) is 3.35. The molecule has 2 N–H and O–H groups in total. The zero-order chi connectivity index (χ0) is 15.8. The number of anilines is 2. The first-order valence-electron chi connectivity index (χ1n) is 7.36. The second-order valence-electron chi connectivity index (χ2n) is 5.21. The third kappa shape index (κ3) is 5.05. The number of hydrogen-bond donors (Lipinski definition) is 2. The van der Waals surface area contributed by atoms with Gasteiger partial charge in [-0.3, -0.25) is 9.59 Å². The fourth-order valence-corrected chi connectivity index (χ4v) is 2.01. The summed E-state index contributed by atoms with van der Waals surface area (Å²) in [5.74, 6) is -0.369. The van der Waals surface area contributed by atoms with Crippen molar-refractivity contribution in [2.24, 2.45) is 5.92 Å². The second kappa shape index (κ2) is 7.98. The zero-order valence-electron chi connectivity index (χ0n) is 12.6. The van der Waals surface area contributed by atoms with Crippen LogP contribution in [0.3, 0.4) is 0 Å². The monoisotopic (exact) mass is 296 g/mol. The van der Waals surface area contributed by atoms with E-state index in [0.717, 1.165) is 11.4 Å². The quantitative estimate of drug-likeness (QED) is 0.854. The molecule has 2 rings (SSSR count). The van der Waals surface area contributed by atoms with Crippen LogP contribution in [0.4, 0.5) is 11.4 Å². The summed E-state index contributed by atoms with van der Waals surface area (Å²) < 4.78 is 0. The van der Waals surface area contributed by atoms with Crippen molar-refractivity contribution in [3.8, 4) is 0 Å². The molecule has 2 amide bonds. The maximum Gasteiger partial charge on any atom is 0.227 e. The minimum atomic E-state index is -0.221. The van der Waals surface area contributed by atoms with Crippen LogP contribution in [-0.2, 0) is 9.59 Å². The Labute approximate surface area is 130 Å². The Morgan fingerprint density at radius 2 is 1.36 bits per heavy atom. The van der Waals surface area contributed by atoms with E-state index in [1.165, 1.54) is 0 Å². The normalized spacial score (nSPS) is 11.5. The van der Waals surface area contributed by atoms with E-state index in [1.54, 1.807) is 0 Å². The molecule has 0 aliphatic rings. The first-order valence-corrected chi connectivity index (χ1v) is 7.36. The predicted molar refractivity (Wildman–Crippen MR) is 88.5 cm³/mol. The minimum Gasteiger partial charge on any atom is -0.326 e. The minimum absolute atomic E-state index is 0.0706. The average molecular weight is 296 g/mol. The van der Waals surface area contributed by atoms with Crippen molar-refractivity contribution in [3.05, 3.63) is 60.7 Å². The summed E-state index contributed by atoms with van der Waals surface area (Å²) in [5.41, 5.74) is 1.54. The summed E-state index contributed by atoms with van der Waals surface area (Å²) in [4.78, 5) is 23.9. The Morgan fingerprint density at radius 3 is 1.91 bits per heavy atom. The van der Waals surface area contributed by atoms with Gasteiger partial charge < -0.3 is 10.6 Å². The van der Waals surface area contributed by atoms with Gasteiger partial charge in [-0.05, 0) is 30.7 Å². The van der Waals surface area contributed by atoms with E-state index in [9.17, 15) is 9.59 Å². The van der Waals surface area contributed by atoms with Crippen molar-refractivity contribution in [2.75, 3.05) is 10.6 Å². The van der Waals surface area contributed by atoms with Gasteiger partial charge in [0.2, 0.25) is 11.8 Å². The predicted octanol–water partition coefficient (Wildman–Crippen LogP) is 3.68. The highest BCUT2D eigenvalue weighted by atomic mass is 16.2. The van der Waals surface area contributed by atoms with Crippen molar-refractivity contribution >= 4 is 23.2 Å². The highest BCUT2D eigenvalue weighted by Crippen LogP contribution is 2.13. The van der Waals surface area contributed by atoms with Crippen LogP contribution in [0.2, 0.25) is 0 Å². The molecule has 114 valence electrons. The molecule has 4 nitrogen and oxygen atoms in total. The van der Waals surface area contributed by atoms with Crippen LogP contribution in [0.15, 0.2) is 60.7 Å². The average Bonchev–Trinajstić information content (AvgIpc) is 2.54. The highest BCUT2D eigenvalue weighted by Gasteiger charge is 2.14. The van der Waals surface area contributed by atoms with Crippen molar-refractivity contribution in [1.82, 2.24) is 0 Å². The molecule has 0 saturated carbocycles. The van der Waals surface area contributed by atoms with E-state index in [4.69, 9.17) is 0 Å². The Hall–Kier alpha value is -2.62. The van der Waals surface area contributed by atoms with Gasteiger partial charge in [-0.2, -0.15) is 0 Å². The molecule has 0 bridgehead atoms. The molecule has 2 aromatic rings. The number of hydrogen-bond acceptors (Lipinski definition) is 2. The van der Waals surface area contributed by atoms with E-state index < -0.39 is 0 Å². The lowest BCUT2D eigenvalue weighted by Crippen LogP contribution is -2.22. The van der Waals surface area contributed by atoms with Gasteiger partial charge in [-0.1, -0.05) is 43.3 Å². The number of nitrogens with one attached hydrogen (secondary N) is 2. The molecule has 0 unspecified atom stereocenters. The number of para-hydroxylation sites is 2. The van der Waals surface area contributed by atoms with E-state index >= 15 is 0 Å². The fraction of sp³-hybridized carbons (Fsp3) is 0.222. The van der Waals surface area contributed by atoms with E-state index in [1.807, 2.05) is 67.6 Å². The molecule has 1 atom stereocenters. The van der Waals surface area contributed by atoms with Crippen molar-refractivity contribution in [3.63, 3.8) is 0 Å². The Morgan fingerprint density at radius 1 is 0.864 bits per heavy atom. The van der Waals surface area contributed by atoms with Gasteiger partial charge in [-0.25, -0.2) is 0 Å². The zero-order valence-corrected chi connectivity index (χ0v) is 12.6. The molecule has 0 aliphatic heterocycles. The van der Waals surface area contributed by atoms with Crippen molar-refractivity contribution < 1.29 is 9.59 Å². The van der Waals surface area contributed by atoms with Gasteiger partial charge in [0.05, 0.1) is 0 Å². The van der Waals surface area contributed by atoms with Crippen LogP contribution in [0.1, 0.15) is 19.8 Å². The molecule has 0 saturated heterocycles. The van der Waals surface area contributed by atoms with Crippen molar-refractivity contribution in [1.29, 1.82) is 0 Å². The lowest BCUT2D eigenvalue weighted by Gasteiger charge is -2.12. The van der Waals surface area contributed by atoms with Crippen LogP contribution < -0.4 is 10.6 Å². The lowest BCUT2D eigenvalue weighted by molar-refractivity contribution is -0.120. The standard InChI is InChI=1S/C18H20N2O2/c1-14(18(22)20-16-10-6-3-7-11-16)12-13-17(21)19-15-8-4-2-5-9-15/h2-11,14H,12-13H2,1H3,(H,19,21)(H,20,22)/t14-/m1/s1. The van der Waals surface area contributed by atoms with Crippen LogP contribution in [0.5, 0.6) is 0 Å². The molecule has 0 radical (unpaired) electrons. The van der Waals surface area contributed by atoms with E-state index in [0.29, 0.717) is 12.8 Å². The molecule has 0 aliphatic carbocycles. The Balaban J connectivity index is 1.76. The topological polar surface area (TPSA) is 58.2 Å². The van der Waals surface area contributed by atoms with Gasteiger partial charge in [-0.15, -0.1) is 0 Å². The molecule has 0 fully saturated rings. The van der Waals surface area contributed by atoms with Crippen LogP contribution in [0.25, 0.3) is 0 Å². The first kappa shape index (κ1) is 15.8. The van der Waals surface area contributed by atoms with Gasteiger partial charge in [0.25, 0.3) is 0 Å². The lowest BCUT2D eigenvalue weighted by atomic mass is 10.0. The smallest absolute Gasteiger partial charge is 0.227 e. The van der Waals surface area contributed by atoms with E-state index in [-0.39, 0.29) is 17.7 Å². The van der Waals surface area contributed by atoms with Crippen molar-refractivity contribution in [2.45, 2.75) is 19.8 Å². The summed E-state index contributed by atoms with van der Waals surface area (Å²) in [6.07, 6.45) is 0.829. The Kier molecular flexibility index (Phi) is 5.72. The largest absolute Gasteiger partial charge is 0.326 e. The summed E-state index contributed by atoms with van der Waals surface area (Å²) in [6.45, 7) is 1.83. The molecule has 2 aromatic carbocycles. The number of benzene rings is 2. The molecule has 0 heterocycles. The summed E-state index contributed by atoms with van der Waals surface area (Å²) >= 11 is 0. The van der Waals surface area contributed by atoms with E-state index in [2.05, 4.69) is 10.6 Å².